The Labute approximate surface area is 105 Å². The largest absolute Gasteiger partial charge is 0.496 e. The zero-order valence-electron chi connectivity index (χ0n) is 10.5. The van der Waals surface area contributed by atoms with Crippen molar-refractivity contribution in [1.82, 2.24) is 10.1 Å². The van der Waals surface area contributed by atoms with Crippen LogP contribution in [-0.4, -0.2) is 22.4 Å². The number of hydrogen-bond acceptors (Lipinski definition) is 5. The Hall–Kier alpha value is -1.88. The summed E-state index contributed by atoms with van der Waals surface area (Å²) in [4.78, 5) is 4.20. The van der Waals surface area contributed by atoms with Crippen molar-refractivity contribution in [2.45, 2.75) is 25.9 Å². The highest BCUT2D eigenvalue weighted by molar-refractivity contribution is 5.62. The van der Waals surface area contributed by atoms with Crippen LogP contribution in [0.25, 0.3) is 11.5 Å². The van der Waals surface area contributed by atoms with Crippen molar-refractivity contribution in [3.63, 3.8) is 0 Å². The minimum Gasteiger partial charge on any atom is -0.496 e. The van der Waals surface area contributed by atoms with Crippen molar-refractivity contribution in [3.05, 3.63) is 30.1 Å². The van der Waals surface area contributed by atoms with Crippen molar-refractivity contribution in [1.29, 1.82) is 0 Å². The van der Waals surface area contributed by atoms with E-state index in [9.17, 15) is 5.11 Å². The highest BCUT2D eigenvalue weighted by Gasteiger charge is 2.17. The number of aliphatic hydroxyl groups is 1. The van der Waals surface area contributed by atoms with Gasteiger partial charge >= 0.3 is 0 Å². The molecule has 0 radical (unpaired) electrons. The fourth-order valence-corrected chi connectivity index (χ4v) is 1.70. The van der Waals surface area contributed by atoms with E-state index in [0.29, 0.717) is 23.9 Å². The fraction of sp³-hybridized carbons (Fsp3) is 0.385. The van der Waals surface area contributed by atoms with Gasteiger partial charge in [0.15, 0.2) is 0 Å². The van der Waals surface area contributed by atoms with Crippen LogP contribution in [0.15, 0.2) is 28.8 Å². The van der Waals surface area contributed by atoms with Gasteiger partial charge in [-0.3, -0.25) is 0 Å². The number of ether oxygens (including phenoxy) is 1. The highest BCUT2D eigenvalue weighted by atomic mass is 16.5. The standard InChI is InChI=1S/C13H16N2O3/c1-3-6-10(16)12-14-13(18-15-12)9-7-4-5-8-11(9)17-2/h4-5,7-8,10,16H,3,6H2,1-2H3. The van der Waals surface area contributed by atoms with E-state index in [1.807, 2.05) is 31.2 Å². The predicted octanol–water partition coefficient (Wildman–Crippen LogP) is 2.58. The van der Waals surface area contributed by atoms with Gasteiger partial charge in [0.1, 0.15) is 11.9 Å². The molecule has 0 bridgehead atoms. The lowest BCUT2D eigenvalue weighted by molar-refractivity contribution is 0.153. The van der Waals surface area contributed by atoms with Gasteiger partial charge in [0.05, 0.1) is 12.7 Å². The summed E-state index contributed by atoms with van der Waals surface area (Å²) in [5, 5.41) is 13.6. The maximum Gasteiger partial charge on any atom is 0.261 e. The zero-order chi connectivity index (χ0) is 13.0. The first-order valence-corrected chi connectivity index (χ1v) is 5.91. The summed E-state index contributed by atoms with van der Waals surface area (Å²) in [7, 11) is 1.59. The van der Waals surface area contributed by atoms with Gasteiger partial charge in [-0.1, -0.05) is 30.6 Å². The molecule has 0 saturated carbocycles. The first-order chi connectivity index (χ1) is 8.76. The monoisotopic (exact) mass is 248 g/mol. The molecule has 0 aliphatic rings. The Balaban J connectivity index is 2.29. The van der Waals surface area contributed by atoms with Crippen LogP contribution in [0.2, 0.25) is 0 Å². The summed E-state index contributed by atoms with van der Waals surface area (Å²) in [5.41, 5.74) is 0.724. The van der Waals surface area contributed by atoms with Gasteiger partial charge in [0.25, 0.3) is 5.89 Å². The number of aromatic nitrogens is 2. The summed E-state index contributed by atoms with van der Waals surface area (Å²) in [5.74, 6) is 1.34. The first kappa shape index (κ1) is 12.6. The van der Waals surface area contributed by atoms with Crippen molar-refractivity contribution >= 4 is 0 Å². The summed E-state index contributed by atoms with van der Waals surface area (Å²) in [6.45, 7) is 1.99. The van der Waals surface area contributed by atoms with Crippen LogP contribution in [0.1, 0.15) is 31.7 Å². The number of rotatable bonds is 5. The van der Waals surface area contributed by atoms with Crippen LogP contribution in [0.3, 0.4) is 0 Å². The highest BCUT2D eigenvalue weighted by Crippen LogP contribution is 2.29. The molecule has 0 spiro atoms. The molecule has 0 fully saturated rings. The lowest BCUT2D eigenvalue weighted by Gasteiger charge is -2.03. The molecule has 2 aromatic rings. The third-order valence-corrected chi connectivity index (χ3v) is 2.64. The molecule has 5 nitrogen and oxygen atoms in total. The van der Waals surface area contributed by atoms with E-state index in [1.165, 1.54) is 0 Å². The molecular weight excluding hydrogens is 232 g/mol. The molecule has 1 aromatic heterocycles. The van der Waals surface area contributed by atoms with Crippen LogP contribution in [0.4, 0.5) is 0 Å². The lowest BCUT2D eigenvalue weighted by Crippen LogP contribution is -1.98. The summed E-state index contributed by atoms with van der Waals surface area (Å²) in [6, 6.07) is 7.39. The third kappa shape index (κ3) is 2.51. The fourth-order valence-electron chi connectivity index (χ4n) is 1.70. The van der Waals surface area contributed by atoms with E-state index in [4.69, 9.17) is 9.26 Å². The molecule has 18 heavy (non-hydrogen) atoms. The molecule has 1 unspecified atom stereocenters. The Morgan fingerprint density at radius 2 is 2.17 bits per heavy atom. The predicted molar refractivity (Wildman–Crippen MR) is 66.2 cm³/mol. The van der Waals surface area contributed by atoms with Crippen molar-refractivity contribution in [2.24, 2.45) is 0 Å². The zero-order valence-corrected chi connectivity index (χ0v) is 10.5. The van der Waals surface area contributed by atoms with Crippen LogP contribution in [-0.2, 0) is 0 Å². The van der Waals surface area contributed by atoms with Crippen molar-refractivity contribution in [2.75, 3.05) is 7.11 Å². The Morgan fingerprint density at radius 3 is 2.89 bits per heavy atom. The van der Waals surface area contributed by atoms with Gasteiger partial charge in [0.2, 0.25) is 5.82 Å². The van der Waals surface area contributed by atoms with E-state index < -0.39 is 6.10 Å². The third-order valence-electron chi connectivity index (χ3n) is 2.64. The molecule has 1 aromatic carbocycles. The molecule has 1 N–H and O–H groups in total. The average Bonchev–Trinajstić information content (AvgIpc) is 2.88. The number of hydrogen-bond donors (Lipinski definition) is 1. The maximum atomic E-state index is 9.79. The lowest BCUT2D eigenvalue weighted by atomic mass is 10.2. The second kappa shape index (κ2) is 5.64. The quantitative estimate of drug-likeness (QED) is 0.880. The number of methoxy groups -OCH3 is 1. The molecule has 0 aliphatic carbocycles. The Bertz CT molecular complexity index is 510. The van der Waals surface area contributed by atoms with Gasteiger partial charge in [0, 0.05) is 0 Å². The summed E-state index contributed by atoms with van der Waals surface area (Å²) >= 11 is 0. The summed E-state index contributed by atoms with van der Waals surface area (Å²) < 4.78 is 10.4. The Morgan fingerprint density at radius 1 is 1.39 bits per heavy atom. The smallest absolute Gasteiger partial charge is 0.261 e. The number of para-hydroxylation sites is 1. The topological polar surface area (TPSA) is 68.4 Å². The van der Waals surface area contributed by atoms with Gasteiger partial charge in [-0.05, 0) is 18.6 Å². The van der Waals surface area contributed by atoms with Gasteiger partial charge in [-0.15, -0.1) is 0 Å². The molecule has 5 heteroatoms. The number of benzene rings is 1. The van der Waals surface area contributed by atoms with E-state index in [1.54, 1.807) is 7.11 Å². The van der Waals surface area contributed by atoms with E-state index in [-0.39, 0.29) is 0 Å². The van der Waals surface area contributed by atoms with Gasteiger partial charge in [-0.2, -0.15) is 4.98 Å². The molecule has 0 amide bonds. The van der Waals surface area contributed by atoms with Crippen LogP contribution in [0, 0.1) is 0 Å². The minimum atomic E-state index is -0.679. The first-order valence-electron chi connectivity index (χ1n) is 5.91. The summed E-state index contributed by atoms with van der Waals surface area (Å²) in [6.07, 6.45) is 0.798. The van der Waals surface area contributed by atoms with Gasteiger partial charge < -0.3 is 14.4 Å². The average molecular weight is 248 g/mol. The molecule has 1 heterocycles. The minimum absolute atomic E-state index is 0.317. The maximum absolute atomic E-state index is 9.79. The van der Waals surface area contributed by atoms with Gasteiger partial charge in [-0.25, -0.2) is 0 Å². The molecule has 0 saturated heterocycles. The van der Waals surface area contributed by atoms with Crippen LogP contribution < -0.4 is 4.74 Å². The molecule has 96 valence electrons. The van der Waals surface area contributed by atoms with Crippen molar-refractivity contribution < 1.29 is 14.4 Å². The van der Waals surface area contributed by atoms with E-state index in [2.05, 4.69) is 10.1 Å². The number of aliphatic hydroxyl groups excluding tert-OH is 1. The normalized spacial score (nSPS) is 12.4. The molecule has 2 rings (SSSR count). The van der Waals surface area contributed by atoms with Crippen LogP contribution >= 0.6 is 0 Å². The second-order valence-electron chi connectivity index (χ2n) is 3.96. The second-order valence-corrected chi connectivity index (χ2v) is 3.96. The molecule has 1 atom stereocenters. The van der Waals surface area contributed by atoms with Crippen LogP contribution in [0.5, 0.6) is 5.75 Å². The molecule has 0 aliphatic heterocycles. The number of nitrogens with zero attached hydrogens (tertiary/aromatic N) is 2. The van der Waals surface area contributed by atoms with E-state index >= 15 is 0 Å². The van der Waals surface area contributed by atoms with E-state index in [0.717, 1.165) is 12.0 Å². The molecular formula is C13H16N2O3. The SMILES string of the molecule is CCCC(O)c1noc(-c2ccccc2OC)n1. The van der Waals surface area contributed by atoms with Crippen molar-refractivity contribution in [3.8, 4) is 17.2 Å². The Kier molecular flexibility index (Phi) is 3.94.